The lowest BCUT2D eigenvalue weighted by atomic mass is 10.1. The molecule has 1 saturated heterocycles. The van der Waals surface area contributed by atoms with Crippen molar-refractivity contribution in [2.75, 3.05) is 13.1 Å². The van der Waals surface area contributed by atoms with Crippen molar-refractivity contribution >= 4 is 5.91 Å². The largest absolute Gasteiger partial charge is 0.473 e. The molecule has 0 radical (unpaired) electrons. The lowest BCUT2D eigenvalue weighted by Crippen LogP contribution is -2.42. The first-order chi connectivity index (χ1) is 11.2. The highest BCUT2D eigenvalue weighted by molar-refractivity contribution is 5.91. The van der Waals surface area contributed by atoms with Gasteiger partial charge in [0.25, 0.3) is 5.91 Å². The molecule has 3 rings (SSSR count). The Morgan fingerprint density at radius 1 is 1.43 bits per heavy atom. The van der Waals surface area contributed by atoms with Gasteiger partial charge in [0.2, 0.25) is 5.88 Å². The van der Waals surface area contributed by atoms with Crippen LogP contribution < -0.4 is 4.74 Å². The molecule has 118 valence electrons. The summed E-state index contributed by atoms with van der Waals surface area (Å²) in [7, 11) is 1.73. The Balaban J connectivity index is 1.58. The van der Waals surface area contributed by atoms with Gasteiger partial charge in [-0.25, -0.2) is 4.98 Å². The zero-order valence-electron chi connectivity index (χ0n) is 12.7. The summed E-state index contributed by atoms with van der Waals surface area (Å²) in [5.41, 5.74) is 0.772. The van der Waals surface area contributed by atoms with Gasteiger partial charge in [0.05, 0.1) is 6.20 Å². The molecule has 8 heteroatoms. The predicted molar refractivity (Wildman–Crippen MR) is 79.5 cm³/mol. The zero-order chi connectivity index (χ0) is 16.2. The number of amides is 1. The number of rotatable bonds is 3. The Morgan fingerprint density at radius 2 is 2.22 bits per heavy atom. The molecule has 0 aliphatic carbocycles. The van der Waals surface area contributed by atoms with Gasteiger partial charge >= 0.3 is 0 Å². The molecule has 0 saturated carbocycles. The zero-order valence-corrected chi connectivity index (χ0v) is 12.7. The summed E-state index contributed by atoms with van der Waals surface area (Å²) in [4.78, 5) is 18.1. The summed E-state index contributed by atoms with van der Waals surface area (Å²) in [5, 5.41) is 16.7. The average Bonchev–Trinajstić information content (AvgIpc) is 3.02. The number of carbonyl (C=O) groups excluding carboxylic acids is 1. The van der Waals surface area contributed by atoms with E-state index in [1.165, 1.54) is 4.68 Å². The van der Waals surface area contributed by atoms with Crippen molar-refractivity contribution < 1.29 is 9.53 Å². The Kier molecular flexibility index (Phi) is 4.19. The highest BCUT2D eigenvalue weighted by atomic mass is 16.5. The number of likely N-dealkylation sites (tertiary alicyclic amines) is 1. The average molecular weight is 312 g/mol. The van der Waals surface area contributed by atoms with Crippen LogP contribution in [0.25, 0.3) is 0 Å². The van der Waals surface area contributed by atoms with Crippen molar-refractivity contribution in [2.24, 2.45) is 7.05 Å². The summed E-state index contributed by atoms with van der Waals surface area (Å²) in [5.74, 6) is 0.237. The maximum absolute atomic E-state index is 12.3. The number of hydrogen-bond acceptors (Lipinski definition) is 6. The van der Waals surface area contributed by atoms with Gasteiger partial charge in [0.1, 0.15) is 17.7 Å². The van der Waals surface area contributed by atoms with Crippen molar-refractivity contribution in [1.29, 1.82) is 5.26 Å². The number of nitriles is 1. The minimum Gasteiger partial charge on any atom is -0.473 e. The topological polar surface area (TPSA) is 96.9 Å². The highest BCUT2D eigenvalue weighted by Gasteiger charge is 2.26. The van der Waals surface area contributed by atoms with E-state index in [1.807, 2.05) is 0 Å². The fraction of sp³-hybridized carbons (Fsp3) is 0.400. The SMILES string of the molecule is Cn1cc(C(=O)N2CCC(Oc3ncccc3C#N)CC2)nn1. The molecule has 1 aliphatic rings. The Labute approximate surface area is 133 Å². The van der Waals surface area contributed by atoms with Crippen LogP contribution in [0.15, 0.2) is 24.5 Å². The van der Waals surface area contributed by atoms with Gasteiger partial charge in [-0.1, -0.05) is 5.21 Å². The van der Waals surface area contributed by atoms with Crippen molar-refractivity contribution in [3.8, 4) is 11.9 Å². The van der Waals surface area contributed by atoms with Crippen LogP contribution in [0.4, 0.5) is 0 Å². The van der Waals surface area contributed by atoms with Crippen molar-refractivity contribution in [2.45, 2.75) is 18.9 Å². The van der Waals surface area contributed by atoms with Crippen LogP contribution in [0.5, 0.6) is 5.88 Å². The van der Waals surface area contributed by atoms with Crippen LogP contribution in [0, 0.1) is 11.3 Å². The number of aromatic nitrogens is 4. The number of ether oxygens (including phenoxy) is 1. The second kappa shape index (κ2) is 6.44. The highest BCUT2D eigenvalue weighted by Crippen LogP contribution is 2.20. The molecular weight excluding hydrogens is 296 g/mol. The number of nitrogens with zero attached hydrogens (tertiary/aromatic N) is 6. The van der Waals surface area contributed by atoms with Crippen LogP contribution >= 0.6 is 0 Å². The molecule has 3 heterocycles. The minimum absolute atomic E-state index is 0.0529. The second-order valence-electron chi connectivity index (χ2n) is 5.35. The van der Waals surface area contributed by atoms with E-state index in [2.05, 4.69) is 21.4 Å². The second-order valence-corrected chi connectivity index (χ2v) is 5.35. The van der Waals surface area contributed by atoms with Crippen LogP contribution in [0.3, 0.4) is 0 Å². The first-order valence-electron chi connectivity index (χ1n) is 7.34. The molecule has 23 heavy (non-hydrogen) atoms. The van der Waals surface area contributed by atoms with E-state index in [-0.39, 0.29) is 12.0 Å². The fourth-order valence-electron chi connectivity index (χ4n) is 2.51. The molecule has 1 amide bonds. The van der Waals surface area contributed by atoms with E-state index in [1.54, 1.807) is 36.5 Å². The molecule has 0 atom stereocenters. The Morgan fingerprint density at radius 3 is 2.87 bits per heavy atom. The quantitative estimate of drug-likeness (QED) is 0.830. The molecule has 0 spiro atoms. The van der Waals surface area contributed by atoms with Gasteiger partial charge < -0.3 is 9.64 Å². The van der Waals surface area contributed by atoms with E-state index < -0.39 is 0 Å². The van der Waals surface area contributed by atoms with Crippen LogP contribution in [0.1, 0.15) is 28.9 Å². The third-order valence-corrected chi connectivity index (χ3v) is 3.72. The van der Waals surface area contributed by atoms with E-state index in [0.717, 1.165) is 0 Å². The van der Waals surface area contributed by atoms with Gasteiger partial charge in [-0.3, -0.25) is 9.48 Å². The summed E-state index contributed by atoms with van der Waals surface area (Å²) in [6.07, 6.45) is 4.53. The first-order valence-corrected chi connectivity index (χ1v) is 7.34. The third-order valence-electron chi connectivity index (χ3n) is 3.72. The van der Waals surface area contributed by atoms with Gasteiger partial charge in [0.15, 0.2) is 5.69 Å². The molecule has 0 aromatic carbocycles. The number of carbonyl (C=O) groups is 1. The first kappa shape index (κ1) is 15.0. The molecule has 1 fully saturated rings. The lowest BCUT2D eigenvalue weighted by molar-refractivity contribution is 0.0582. The molecule has 2 aromatic rings. The van der Waals surface area contributed by atoms with Crippen LogP contribution in [0.2, 0.25) is 0 Å². The molecule has 1 aliphatic heterocycles. The Bertz CT molecular complexity index is 742. The van der Waals surface area contributed by atoms with E-state index >= 15 is 0 Å². The standard InChI is InChI=1S/C15H16N6O2/c1-20-10-13(18-19-20)15(22)21-7-4-12(5-8-21)23-14-11(9-16)3-2-6-17-14/h2-3,6,10,12H,4-5,7-8H2,1H3. The normalized spacial score (nSPS) is 15.2. The van der Waals surface area contributed by atoms with Gasteiger partial charge in [-0.15, -0.1) is 5.10 Å². The van der Waals surface area contributed by atoms with E-state index in [9.17, 15) is 4.79 Å². The van der Waals surface area contributed by atoms with Gasteiger partial charge in [-0.2, -0.15) is 5.26 Å². The molecule has 0 unspecified atom stereocenters. The van der Waals surface area contributed by atoms with Crippen LogP contribution in [-0.2, 0) is 7.05 Å². The predicted octanol–water partition coefficient (Wildman–Crippen LogP) is 0.765. The number of piperidine rings is 1. The van der Waals surface area contributed by atoms with Crippen LogP contribution in [-0.4, -0.2) is 50.0 Å². The third kappa shape index (κ3) is 3.29. The number of pyridine rings is 1. The maximum Gasteiger partial charge on any atom is 0.276 e. The maximum atomic E-state index is 12.3. The number of aryl methyl sites for hydroxylation is 1. The van der Waals surface area contributed by atoms with Gasteiger partial charge in [0, 0.05) is 39.2 Å². The smallest absolute Gasteiger partial charge is 0.276 e. The van der Waals surface area contributed by atoms with Gasteiger partial charge in [-0.05, 0) is 12.1 Å². The molecular formula is C15H16N6O2. The van der Waals surface area contributed by atoms with Crippen molar-refractivity contribution in [3.05, 3.63) is 35.8 Å². The summed E-state index contributed by atoms with van der Waals surface area (Å²) >= 11 is 0. The fourth-order valence-corrected chi connectivity index (χ4v) is 2.51. The molecule has 0 bridgehead atoms. The molecule has 8 nitrogen and oxygen atoms in total. The summed E-state index contributed by atoms with van der Waals surface area (Å²) in [6.45, 7) is 1.16. The number of hydrogen-bond donors (Lipinski definition) is 0. The molecule has 0 N–H and O–H groups in total. The lowest BCUT2D eigenvalue weighted by Gasteiger charge is -2.31. The molecule has 2 aromatic heterocycles. The summed E-state index contributed by atoms with van der Waals surface area (Å²) in [6, 6.07) is 5.44. The van der Waals surface area contributed by atoms with E-state index in [4.69, 9.17) is 10.00 Å². The monoisotopic (exact) mass is 312 g/mol. The van der Waals surface area contributed by atoms with E-state index in [0.29, 0.717) is 43.1 Å². The summed E-state index contributed by atoms with van der Waals surface area (Å²) < 4.78 is 7.32. The van der Waals surface area contributed by atoms with Crippen molar-refractivity contribution in [3.63, 3.8) is 0 Å². The van der Waals surface area contributed by atoms with Crippen molar-refractivity contribution in [1.82, 2.24) is 24.9 Å². The Hall–Kier alpha value is -2.95. The minimum atomic E-state index is -0.118.